The number of rotatable bonds is 4. The fourth-order valence-corrected chi connectivity index (χ4v) is 6.87. The summed E-state index contributed by atoms with van der Waals surface area (Å²) in [5.74, 6) is 0. The highest BCUT2D eigenvalue weighted by atomic mass is 32.1. The van der Waals surface area contributed by atoms with Gasteiger partial charge in [-0.05, 0) is 24.3 Å². The van der Waals surface area contributed by atoms with Crippen molar-refractivity contribution in [1.82, 2.24) is 19.9 Å². The minimum atomic E-state index is 0.516. The van der Waals surface area contributed by atoms with Crippen LogP contribution in [0.15, 0.2) is 138 Å². The Bertz CT molecular complexity index is 2330. The van der Waals surface area contributed by atoms with Crippen LogP contribution < -0.4 is 0 Å². The van der Waals surface area contributed by atoms with Gasteiger partial charge in [0.25, 0.3) is 0 Å². The number of furan rings is 1. The average molecular weight is 583 g/mol. The third-order valence-corrected chi connectivity index (χ3v) is 8.98. The first kappa shape index (κ1) is 24.8. The molecule has 0 N–H and O–H groups in total. The van der Waals surface area contributed by atoms with E-state index in [1.54, 1.807) is 11.3 Å². The molecular formula is C38H22N4OS. The molecule has 0 saturated carbocycles. The van der Waals surface area contributed by atoms with Gasteiger partial charge in [-0.15, -0.1) is 11.3 Å². The molecule has 0 aliphatic heterocycles. The lowest BCUT2D eigenvalue weighted by Gasteiger charge is -2.12. The van der Waals surface area contributed by atoms with Gasteiger partial charge in [0, 0.05) is 37.7 Å². The number of thiophene rings is 1. The van der Waals surface area contributed by atoms with Crippen LogP contribution in [0.2, 0.25) is 0 Å². The highest BCUT2D eigenvalue weighted by molar-refractivity contribution is 7.25. The minimum absolute atomic E-state index is 0.516. The lowest BCUT2D eigenvalue weighted by Crippen LogP contribution is -1.96. The summed E-state index contributed by atoms with van der Waals surface area (Å²) < 4.78 is 7.36. The monoisotopic (exact) mass is 582 g/mol. The van der Waals surface area contributed by atoms with Crippen molar-refractivity contribution in [3.05, 3.63) is 133 Å². The van der Waals surface area contributed by atoms with Crippen LogP contribution in [0, 0.1) is 0 Å². The Labute approximate surface area is 256 Å². The zero-order valence-corrected chi connectivity index (χ0v) is 24.1. The van der Waals surface area contributed by atoms with Crippen molar-refractivity contribution in [2.24, 2.45) is 0 Å². The number of para-hydroxylation sites is 1. The second-order valence-electron chi connectivity index (χ2n) is 10.7. The predicted octanol–water partition coefficient (Wildman–Crippen LogP) is 10.2. The van der Waals surface area contributed by atoms with Crippen molar-refractivity contribution in [2.75, 3.05) is 0 Å². The van der Waals surface area contributed by atoms with Gasteiger partial charge in [-0.2, -0.15) is 0 Å². The van der Waals surface area contributed by atoms with Crippen molar-refractivity contribution in [2.45, 2.75) is 0 Å². The molecule has 9 rings (SSSR count). The third kappa shape index (κ3) is 4.00. The molecule has 9 aromatic rings. The van der Waals surface area contributed by atoms with Crippen LogP contribution in [0.1, 0.15) is 0 Å². The molecular weight excluding hydrogens is 561 g/mol. The Morgan fingerprint density at radius 1 is 0.432 bits per heavy atom. The summed E-state index contributed by atoms with van der Waals surface area (Å²) in [4.78, 5) is 21.7. The molecule has 5 nitrogen and oxygen atoms in total. The number of aromatic nitrogens is 4. The average Bonchev–Trinajstić information content (AvgIpc) is 3.65. The van der Waals surface area contributed by atoms with E-state index in [0.29, 0.717) is 5.71 Å². The zero-order chi connectivity index (χ0) is 29.0. The highest BCUT2D eigenvalue weighted by Gasteiger charge is 2.20. The van der Waals surface area contributed by atoms with Crippen LogP contribution in [-0.2, 0) is 0 Å². The van der Waals surface area contributed by atoms with Crippen molar-refractivity contribution in [3.63, 3.8) is 0 Å². The second-order valence-corrected chi connectivity index (χ2v) is 11.7. The van der Waals surface area contributed by atoms with Crippen LogP contribution in [-0.4, -0.2) is 19.9 Å². The van der Waals surface area contributed by atoms with Crippen LogP contribution >= 0.6 is 11.3 Å². The third-order valence-electron chi connectivity index (χ3n) is 7.93. The number of hydrogen-bond acceptors (Lipinski definition) is 6. The minimum Gasteiger partial charge on any atom is -0.436 e. The molecule has 0 bridgehead atoms. The molecule has 0 atom stereocenters. The summed E-state index contributed by atoms with van der Waals surface area (Å²) in [5, 5.41) is 2.08. The molecule has 4 heterocycles. The molecule has 0 fully saturated rings. The second kappa shape index (κ2) is 9.93. The van der Waals surface area contributed by atoms with Crippen molar-refractivity contribution in [1.29, 1.82) is 0 Å². The standard InChI is InChI=1S/C38H22N4OS/c1-3-12-23(13-4-1)31-33(41-37-35(39-31)27-18-7-9-20-29(27)43-37)25-16-11-17-26(22-25)34-32(24-14-5-2-6-15-24)40-36-28-19-8-10-21-30(28)44-38(36)42-34/h1-22H. The van der Waals surface area contributed by atoms with Crippen LogP contribution in [0.3, 0.4) is 0 Å². The van der Waals surface area contributed by atoms with E-state index in [0.717, 1.165) is 77.2 Å². The molecule has 0 aliphatic rings. The Morgan fingerprint density at radius 2 is 0.977 bits per heavy atom. The van der Waals surface area contributed by atoms with Gasteiger partial charge >= 0.3 is 0 Å². The molecule has 0 amide bonds. The number of nitrogens with zero attached hydrogens (tertiary/aromatic N) is 4. The summed E-state index contributed by atoms with van der Waals surface area (Å²) in [5.41, 5.74) is 10.1. The van der Waals surface area contributed by atoms with Crippen molar-refractivity contribution in [3.8, 4) is 45.0 Å². The molecule has 0 unspecified atom stereocenters. The molecule has 0 spiro atoms. The first-order chi connectivity index (χ1) is 21.8. The topological polar surface area (TPSA) is 64.7 Å². The van der Waals surface area contributed by atoms with Crippen molar-refractivity contribution >= 4 is 54.0 Å². The number of fused-ring (bicyclic) bond motifs is 6. The smallest absolute Gasteiger partial charge is 0.246 e. The summed E-state index contributed by atoms with van der Waals surface area (Å²) in [6.45, 7) is 0. The van der Waals surface area contributed by atoms with E-state index in [1.165, 1.54) is 4.70 Å². The maximum absolute atomic E-state index is 6.18. The van der Waals surface area contributed by atoms with Gasteiger partial charge in [-0.25, -0.2) is 19.9 Å². The van der Waals surface area contributed by atoms with E-state index < -0.39 is 0 Å². The van der Waals surface area contributed by atoms with Crippen LogP contribution in [0.5, 0.6) is 0 Å². The normalized spacial score (nSPS) is 11.6. The summed E-state index contributed by atoms with van der Waals surface area (Å²) in [6, 6.07) is 45.1. The summed E-state index contributed by atoms with van der Waals surface area (Å²) in [7, 11) is 0. The van der Waals surface area contributed by atoms with Gasteiger partial charge in [0.15, 0.2) is 0 Å². The van der Waals surface area contributed by atoms with E-state index in [9.17, 15) is 0 Å². The van der Waals surface area contributed by atoms with E-state index in [1.807, 2.05) is 60.7 Å². The predicted molar refractivity (Wildman–Crippen MR) is 180 cm³/mol. The van der Waals surface area contributed by atoms with Gasteiger partial charge in [-0.1, -0.05) is 109 Å². The molecule has 4 aromatic heterocycles. The molecule has 6 heteroatoms. The highest BCUT2D eigenvalue weighted by Crippen LogP contribution is 2.40. The molecule has 44 heavy (non-hydrogen) atoms. The van der Waals surface area contributed by atoms with Gasteiger partial charge in [-0.3, -0.25) is 0 Å². The van der Waals surface area contributed by atoms with Gasteiger partial charge < -0.3 is 4.42 Å². The fraction of sp³-hybridized carbons (Fsp3) is 0. The Hall–Kier alpha value is -5.72. The first-order valence-electron chi connectivity index (χ1n) is 14.4. The number of hydrogen-bond donors (Lipinski definition) is 0. The van der Waals surface area contributed by atoms with Crippen molar-refractivity contribution < 1.29 is 4.42 Å². The van der Waals surface area contributed by atoms with Gasteiger partial charge in [0.05, 0.1) is 17.1 Å². The van der Waals surface area contributed by atoms with E-state index >= 15 is 0 Å². The summed E-state index contributed by atoms with van der Waals surface area (Å²) >= 11 is 1.67. The molecule has 0 aliphatic carbocycles. The van der Waals surface area contributed by atoms with E-state index in [2.05, 4.69) is 72.8 Å². The Kier molecular flexibility index (Phi) is 5.61. The first-order valence-corrected chi connectivity index (χ1v) is 15.2. The maximum Gasteiger partial charge on any atom is 0.246 e. The molecule has 0 saturated heterocycles. The largest absolute Gasteiger partial charge is 0.436 e. The molecule has 206 valence electrons. The Morgan fingerprint density at radius 3 is 1.70 bits per heavy atom. The summed E-state index contributed by atoms with van der Waals surface area (Å²) in [6.07, 6.45) is 0. The SMILES string of the molecule is c1ccc(-c2nc3c(nc2-c2cccc(-c4nc5sc6ccccc6c5nc4-c4ccccc4)c2)oc2ccccc23)cc1. The fourth-order valence-electron chi connectivity index (χ4n) is 5.85. The lowest BCUT2D eigenvalue weighted by atomic mass is 9.98. The maximum atomic E-state index is 6.18. The zero-order valence-electron chi connectivity index (χ0n) is 23.3. The Balaban J connectivity index is 1.29. The van der Waals surface area contributed by atoms with Crippen LogP contribution in [0.4, 0.5) is 0 Å². The van der Waals surface area contributed by atoms with Gasteiger partial charge in [0.2, 0.25) is 5.71 Å². The molecule has 0 radical (unpaired) electrons. The molecule has 5 aromatic carbocycles. The van der Waals surface area contributed by atoms with Crippen LogP contribution in [0.25, 0.3) is 87.7 Å². The number of benzene rings is 5. The van der Waals surface area contributed by atoms with E-state index in [4.69, 9.17) is 24.4 Å². The van der Waals surface area contributed by atoms with Gasteiger partial charge in [0.1, 0.15) is 27.1 Å². The van der Waals surface area contributed by atoms with E-state index in [-0.39, 0.29) is 0 Å². The quantitative estimate of drug-likeness (QED) is 0.207. The lowest BCUT2D eigenvalue weighted by molar-refractivity contribution is 0.653.